The highest BCUT2D eigenvalue weighted by molar-refractivity contribution is 6.32. The summed E-state index contributed by atoms with van der Waals surface area (Å²) in [6.45, 7) is 3.66. The van der Waals surface area contributed by atoms with Crippen LogP contribution in [0, 0.1) is 11.3 Å². The van der Waals surface area contributed by atoms with Gasteiger partial charge in [-0.1, -0.05) is 30.3 Å². The van der Waals surface area contributed by atoms with Gasteiger partial charge in [-0.05, 0) is 38.3 Å². The largest absolute Gasteiger partial charge is 0.635 e. The third-order valence-corrected chi connectivity index (χ3v) is 6.72. The molecule has 2 atom stereocenters. The molecule has 0 spiro atoms. The zero-order valence-electron chi connectivity index (χ0n) is 21.6. The number of rotatable bonds is 9. The molecule has 2 aliphatic rings. The van der Waals surface area contributed by atoms with E-state index in [-0.39, 0.29) is 31.5 Å². The van der Waals surface area contributed by atoms with Crippen molar-refractivity contribution >= 4 is 19.3 Å². The number of halogens is 2. The van der Waals surface area contributed by atoms with E-state index in [9.17, 15) is 33.7 Å². The van der Waals surface area contributed by atoms with Gasteiger partial charge in [-0.3, -0.25) is 9.69 Å². The van der Waals surface area contributed by atoms with E-state index >= 15 is 0 Å². The number of alkyl halides is 2. The van der Waals surface area contributed by atoms with Crippen molar-refractivity contribution in [2.24, 2.45) is 0 Å². The molecule has 1 aromatic carbocycles. The van der Waals surface area contributed by atoms with Gasteiger partial charge in [0.1, 0.15) is 17.9 Å². The van der Waals surface area contributed by atoms with Crippen LogP contribution < -0.4 is 10.6 Å². The molecule has 4 N–H and O–H groups in total. The number of hydrogen-bond acceptors (Lipinski definition) is 7. The van der Waals surface area contributed by atoms with Crippen LogP contribution in [0.4, 0.5) is 13.6 Å². The van der Waals surface area contributed by atoms with Crippen LogP contribution in [0.25, 0.3) is 0 Å². The lowest BCUT2D eigenvalue weighted by Crippen LogP contribution is -2.54. The highest BCUT2D eigenvalue weighted by Crippen LogP contribution is 2.33. The Morgan fingerprint density at radius 3 is 2.63 bits per heavy atom. The van der Waals surface area contributed by atoms with Crippen molar-refractivity contribution in [2.75, 3.05) is 26.2 Å². The van der Waals surface area contributed by atoms with Crippen molar-refractivity contribution in [1.82, 2.24) is 20.4 Å². The molecule has 2 aliphatic heterocycles. The molecule has 0 saturated carbocycles. The number of likely N-dealkylation sites (tertiary alicyclic amines) is 2. The Labute approximate surface area is 221 Å². The van der Waals surface area contributed by atoms with Crippen molar-refractivity contribution in [2.45, 2.75) is 63.3 Å². The summed E-state index contributed by atoms with van der Waals surface area (Å²) in [4.78, 5) is 28.8. The fourth-order valence-corrected chi connectivity index (χ4v) is 4.75. The Morgan fingerprint density at radius 1 is 1.32 bits per heavy atom. The van der Waals surface area contributed by atoms with Crippen LogP contribution in [-0.4, -0.2) is 89.0 Å². The van der Waals surface area contributed by atoms with Crippen molar-refractivity contribution in [3.63, 3.8) is 0 Å². The summed E-state index contributed by atoms with van der Waals surface area (Å²) in [6, 6.07) is 9.93. The minimum atomic E-state index is -2.80. The lowest BCUT2D eigenvalue weighted by Gasteiger charge is -2.35. The average Bonchev–Trinajstić information content (AvgIpc) is 3.23. The van der Waals surface area contributed by atoms with Crippen molar-refractivity contribution in [3.05, 3.63) is 47.5 Å². The van der Waals surface area contributed by atoms with Crippen molar-refractivity contribution < 1.29 is 33.1 Å². The summed E-state index contributed by atoms with van der Waals surface area (Å²) in [5.74, 6) is -3.32. The molecule has 2 saturated heterocycles. The van der Waals surface area contributed by atoms with E-state index in [1.165, 1.54) is 11.0 Å². The number of nitrogens with one attached hydrogen (secondary N) is 2. The number of carbonyl (C=O) groups excluding carboxylic acids is 2. The maximum Gasteiger partial charge on any atom is 0.635 e. The molecule has 1 aromatic rings. The van der Waals surface area contributed by atoms with E-state index in [0.717, 1.165) is 5.56 Å². The number of hydrogen-bond donors (Lipinski definition) is 4. The second kappa shape index (κ2) is 12.7. The van der Waals surface area contributed by atoms with Crippen LogP contribution >= 0.6 is 0 Å². The van der Waals surface area contributed by atoms with Gasteiger partial charge in [-0.2, -0.15) is 5.26 Å². The number of amides is 3. The highest BCUT2D eigenvalue weighted by Gasteiger charge is 2.43. The lowest BCUT2D eigenvalue weighted by molar-refractivity contribution is -0.128. The Morgan fingerprint density at radius 2 is 2.03 bits per heavy atom. The summed E-state index contributed by atoms with van der Waals surface area (Å²) < 4.78 is 32.4. The van der Waals surface area contributed by atoms with Gasteiger partial charge in [0, 0.05) is 44.1 Å². The maximum atomic E-state index is 13.7. The predicted octanol–water partition coefficient (Wildman–Crippen LogP) is 1.40. The first kappa shape index (κ1) is 29.5. The first-order valence-corrected chi connectivity index (χ1v) is 12.6. The standard InChI is InChI=1S/C25H34BF2N5O5/c1-24(2,33-12-10-25(27,28)17-33)14-19(15-29)22(34)32-11-6-9-20(16-32)30-23(35)31-21(38-26(36)37)13-18-7-4-3-5-8-18/h3-5,7-8,14,20-21,36-37H,6,9-13,16-17H2,1-2H3,(H2,30,31,35)/t20-,21-/m1/s1. The van der Waals surface area contributed by atoms with Crippen LogP contribution in [0.15, 0.2) is 42.0 Å². The minimum Gasteiger partial charge on any atom is -0.402 e. The van der Waals surface area contributed by atoms with Gasteiger partial charge in [0.2, 0.25) is 0 Å². The molecule has 0 unspecified atom stereocenters. The van der Waals surface area contributed by atoms with Gasteiger partial charge in [0.15, 0.2) is 0 Å². The molecule has 0 aliphatic carbocycles. The van der Waals surface area contributed by atoms with Crippen LogP contribution in [0.5, 0.6) is 0 Å². The molecule has 13 heteroatoms. The van der Waals surface area contributed by atoms with Gasteiger partial charge in [0.25, 0.3) is 11.8 Å². The summed E-state index contributed by atoms with van der Waals surface area (Å²) in [5.41, 5.74) is -0.244. The molecule has 2 fully saturated rings. The van der Waals surface area contributed by atoms with Crippen LogP contribution in [0.3, 0.4) is 0 Å². The van der Waals surface area contributed by atoms with E-state index in [4.69, 9.17) is 4.65 Å². The molecule has 10 nitrogen and oxygen atoms in total. The first-order valence-electron chi connectivity index (χ1n) is 12.6. The van der Waals surface area contributed by atoms with E-state index in [1.54, 1.807) is 43.0 Å². The Balaban J connectivity index is 1.60. The number of carbonyl (C=O) groups is 2. The van der Waals surface area contributed by atoms with Gasteiger partial charge >= 0.3 is 13.4 Å². The van der Waals surface area contributed by atoms with Gasteiger partial charge in [-0.25, -0.2) is 13.6 Å². The van der Waals surface area contributed by atoms with Crippen LogP contribution in [-0.2, 0) is 15.9 Å². The monoisotopic (exact) mass is 533 g/mol. The molecule has 0 radical (unpaired) electrons. The zero-order valence-corrected chi connectivity index (χ0v) is 21.6. The number of urea groups is 1. The van der Waals surface area contributed by atoms with Crippen LogP contribution in [0.1, 0.15) is 38.7 Å². The summed E-state index contributed by atoms with van der Waals surface area (Å²) in [7, 11) is -2.08. The van der Waals surface area contributed by atoms with Gasteiger partial charge < -0.3 is 30.2 Å². The smallest absolute Gasteiger partial charge is 0.402 e. The normalized spacial score (nSPS) is 20.9. The van der Waals surface area contributed by atoms with E-state index < -0.39 is 49.5 Å². The Hall–Kier alpha value is -3.05. The molecule has 0 bridgehead atoms. The lowest BCUT2D eigenvalue weighted by atomic mass is 9.98. The first-order chi connectivity index (χ1) is 17.9. The van der Waals surface area contributed by atoms with E-state index in [2.05, 4.69) is 10.6 Å². The number of benzene rings is 1. The topological polar surface area (TPSA) is 138 Å². The molecule has 2 heterocycles. The minimum absolute atomic E-state index is 0.136. The number of nitrogens with zero attached hydrogens (tertiary/aromatic N) is 3. The maximum absolute atomic E-state index is 13.7. The average molecular weight is 533 g/mol. The number of nitriles is 1. The highest BCUT2D eigenvalue weighted by atomic mass is 19.3. The predicted molar refractivity (Wildman–Crippen MR) is 135 cm³/mol. The van der Waals surface area contributed by atoms with E-state index in [1.807, 2.05) is 12.1 Å². The molecular formula is C25H34BF2N5O5. The summed E-state index contributed by atoms with van der Waals surface area (Å²) in [6.07, 6.45) is 1.51. The molecule has 0 aromatic heterocycles. The van der Waals surface area contributed by atoms with Crippen molar-refractivity contribution in [1.29, 1.82) is 5.26 Å². The molecule has 3 rings (SSSR count). The van der Waals surface area contributed by atoms with E-state index in [0.29, 0.717) is 19.4 Å². The molecular weight excluding hydrogens is 499 g/mol. The summed E-state index contributed by atoms with van der Waals surface area (Å²) >= 11 is 0. The molecule has 206 valence electrons. The third-order valence-electron chi connectivity index (χ3n) is 6.72. The Bertz CT molecular complexity index is 1050. The van der Waals surface area contributed by atoms with Gasteiger partial charge in [0.05, 0.1) is 6.54 Å². The third kappa shape index (κ3) is 8.49. The second-order valence-electron chi connectivity index (χ2n) is 10.2. The second-order valence-corrected chi connectivity index (χ2v) is 10.2. The van der Waals surface area contributed by atoms with Crippen molar-refractivity contribution in [3.8, 4) is 6.07 Å². The quantitative estimate of drug-likeness (QED) is 0.163. The summed E-state index contributed by atoms with van der Waals surface area (Å²) in [5, 5.41) is 33.5. The molecule has 3 amide bonds. The Kier molecular flexibility index (Phi) is 9.84. The number of piperidine rings is 1. The zero-order chi connectivity index (χ0) is 27.9. The van der Waals surface area contributed by atoms with Gasteiger partial charge in [-0.15, -0.1) is 0 Å². The fourth-order valence-electron chi connectivity index (χ4n) is 4.75. The fraction of sp³-hybridized carbons (Fsp3) is 0.560. The SMILES string of the molecule is CC(C)(C=C(C#N)C(=O)N1CCC[C@@H](NC(=O)N[C@@H](Cc2ccccc2)OB(O)O)C1)N1CCC(F)(F)C1. The molecule has 38 heavy (non-hydrogen) atoms. The van der Waals surface area contributed by atoms with Crippen LogP contribution in [0.2, 0.25) is 0 Å².